The summed E-state index contributed by atoms with van der Waals surface area (Å²) in [5.41, 5.74) is 8.76. The topological polar surface area (TPSA) is 64.1 Å². The summed E-state index contributed by atoms with van der Waals surface area (Å²) >= 11 is 0. The summed E-state index contributed by atoms with van der Waals surface area (Å²) in [5.74, 6) is 1.84. The number of nitrogens with two attached hydrogens (primary N) is 1. The third kappa shape index (κ3) is 3.55. The van der Waals surface area contributed by atoms with Crippen LogP contribution in [0.25, 0.3) is 11.1 Å². The minimum Gasteiger partial charge on any atom is -0.441 e. The molecule has 0 spiro atoms. The molecule has 0 bridgehead atoms. The second-order valence-electron chi connectivity index (χ2n) is 5.41. The van der Waals surface area contributed by atoms with Gasteiger partial charge < -0.3 is 15.5 Å². The number of nitrogens with one attached hydrogen (secondary N) is 1. The molecule has 1 heterocycles. The average Bonchev–Trinajstić information content (AvgIpc) is 2.73. The number of fused-ring (bicyclic) bond motifs is 1. The van der Waals surface area contributed by atoms with Crippen LogP contribution >= 0.6 is 0 Å². The third-order valence-corrected chi connectivity index (χ3v) is 3.54. The maximum Gasteiger partial charge on any atom is 0.192 e. The van der Waals surface area contributed by atoms with Gasteiger partial charge in [-0.05, 0) is 42.6 Å². The SMILES string of the molecule is Cc1nc2ccc(CNCC(CN)C(C)C)cc2o1. The van der Waals surface area contributed by atoms with E-state index >= 15 is 0 Å². The van der Waals surface area contributed by atoms with Crippen molar-refractivity contribution in [1.82, 2.24) is 10.3 Å². The summed E-state index contributed by atoms with van der Waals surface area (Å²) in [4.78, 5) is 4.30. The Morgan fingerprint density at radius 1 is 1.37 bits per heavy atom. The number of oxazole rings is 1. The maximum atomic E-state index is 5.77. The van der Waals surface area contributed by atoms with Gasteiger partial charge in [0.25, 0.3) is 0 Å². The Morgan fingerprint density at radius 3 is 2.84 bits per heavy atom. The van der Waals surface area contributed by atoms with Crippen LogP contribution in [0.4, 0.5) is 0 Å². The van der Waals surface area contributed by atoms with E-state index in [-0.39, 0.29) is 0 Å². The van der Waals surface area contributed by atoms with Gasteiger partial charge in [0.2, 0.25) is 0 Å². The Labute approximate surface area is 114 Å². The van der Waals surface area contributed by atoms with Crippen molar-refractivity contribution in [2.75, 3.05) is 13.1 Å². The molecular weight excluding hydrogens is 238 g/mol. The van der Waals surface area contributed by atoms with Crippen molar-refractivity contribution in [3.8, 4) is 0 Å². The zero-order valence-corrected chi connectivity index (χ0v) is 11.9. The zero-order chi connectivity index (χ0) is 13.8. The van der Waals surface area contributed by atoms with Crippen molar-refractivity contribution < 1.29 is 4.42 Å². The van der Waals surface area contributed by atoms with Crippen LogP contribution in [0.15, 0.2) is 22.6 Å². The van der Waals surface area contributed by atoms with Gasteiger partial charge in [-0.15, -0.1) is 0 Å². The van der Waals surface area contributed by atoms with Gasteiger partial charge in [-0.2, -0.15) is 0 Å². The van der Waals surface area contributed by atoms with Crippen LogP contribution in [0.3, 0.4) is 0 Å². The highest BCUT2D eigenvalue weighted by Gasteiger charge is 2.10. The minimum absolute atomic E-state index is 0.524. The number of nitrogens with zero attached hydrogens (tertiary/aromatic N) is 1. The Morgan fingerprint density at radius 2 is 2.16 bits per heavy atom. The van der Waals surface area contributed by atoms with Gasteiger partial charge >= 0.3 is 0 Å². The first-order valence-corrected chi connectivity index (χ1v) is 6.87. The lowest BCUT2D eigenvalue weighted by atomic mass is 9.96. The van der Waals surface area contributed by atoms with Crippen molar-refractivity contribution in [2.45, 2.75) is 27.3 Å². The predicted octanol–water partition coefficient (Wildman–Crippen LogP) is 2.46. The molecule has 2 aromatic rings. The molecule has 0 aliphatic heterocycles. The average molecular weight is 261 g/mol. The molecule has 4 heteroatoms. The van der Waals surface area contributed by atoms with Crippen LogP contribution in [0, 0.1) is 18.8 Å². The Bertz CT molecular complexity index is 533. The van der Waals surface area contributed by atoms with Gasteiger partial charge in [0, 0.05) is 13.5 Å². The van der Waals surface area contributed by atoms with E-state index in [1.165, 1.54) is 5.56 Å². The minimum atomic E-state index is 0.524. The molecule has 0 saturated carbocycles. The van der Waals surface area contributed by atoms with E-state index in [9.17, 15) is 0 Å². The first-order valence-electron chi connectivity index (χ1n) is 6.87. The summed E-state index contributed by atoms with van der Waals surface area (Å²) in [7, 11) is 0. The fourth-order valence-electron chi connectivity index (χ4n) is 2.19. The van der Waals surface area contributed by atoms with Crippen LogP contribution in [-0.4, -0.2) is 18.1 Å². The Kier molecular flexibility index (Phi) is 4.56. The monoisotopic (exact) mass is 261 g/mol. The van der Waals surface area contributed by atoms with Gasteiger partial charge in [0.1, 0.15) is 5.52 Å². The van der Waals surface area contributed by atoms with Crippen LogP contribution in [0.2, 0.25) is 0 Å². The van der Waals surface area contributed by atoms with E-state index in [4.69, 9.17) is 10.2 Å². The molecule has 0 radical (unpaired) electrons. The molecule has 104 valence electrons. The third-order valence-electron chi connectivity index (χ3n) is 3.54. The highest BCUT2D eigenvalue weighted by atomic mass is 16.3. The lowest BCUT2D eigenvalue weighted by Crippen LogP contribution is -2.31. The summed E-state index contributed by atoms with van der Waals surface area (Å²) in [5, 5.41) is 3.46. The van der Waals surface area contributed by atoms with Crippen LogP contribution in [-0.2, 0) is 6.54 Å². The highest BCUT2D eigenvalue weighted by molar-refractivity contribution is 5.73. The summed E-state index contributed by atoms with van der Waals surface area (Å²) < 4.78 is 5.54. The molecule has 0 aliphatic carbocycles. The first kappa shape index (κ1) is 14.0. The van der Waals surface area contributed by atoms with Gasteiger partial charge in [0.05, 0.1) is 0 Å². The molecule has 0 amide bonds. The molecule has 4 nitrogen and oxygen atoms in total. The summed E-state index contributed by atoms with van der Waals surface area (Å²) in [6, 6.07) is 6.14. The smallest absolute Gasteiger partial charge is 0.192 e. The maximum absolute atomic E-state index is 5.77. The van der Waals surface area contributed by atoms with Crippen molar-refractivity contribution >= 4 is 11.1 Å². The van der Waals surface area contributed by atoms with Crippen LogP contribution in [0.5, 0.6) is 0 Å². The molecule has 1 unspecified atom stereocenters. The molecular formula is C15H23N3O. The van der Waals surface area contributed by atoms with E-state index in [2.05, 4.69) is 36.3 Å². The molecule has 0 aliphatic rings. The molecule has 1 aromatic carbocycles. The number of aryl methyl sites for hydroxylation is 1. The lowest BCUT2D eigenvalue weighted by molar-refractivity contribution is 0.370. The second-order valence-corrected chi connectivity index (χ2v) is 5.41. The van der Waals surface area contributed by atoms with E-state index < -0.39 is 0 Å². The standard InChI is InChI=1S/C15H23N3O/c1-10(2)13(7-16)9-17-8-12-4-5-14-15(6-12)19-11(3)18-14/h4-6,10,13,17H,7-9,16H2,1-3H3. The molecule has 3 N–H and O–H groups in total. The van der Waals surface area contributed by atoms with Gasteiger partial charge in [-0.1, -0.05) is 19.9 Å². The van der Waals surface area contributed by atoms with Crippen molar-refractivity contribution in [1.29, 1.82) is 0 Å². The lowest BCUT2D eigenvalue weighted by Gasteiger charge is -2.19. The summed E-state index contributed by atoms with van der Waals surface area (Å²) in [6.45, 7) is 8.79. The Balaban J connectivity index is 1.94. The predicted molar refractivity (Wildman–Crippen MR) is 77.8 cm³/mol. The van der Waals surface area contributed by atoms with Gasteiger partial charge in [-0.25, -0.2) is 4.98 Å². The number of aromatic nitrogens is 1. The van der Waals surface area contributed by atoms with Crippen molar-refractivity contribution in [2.24, 2.45) is 17.6 Å². The molecule has 1 atom stereocenters. The number of hydrogen-bond acceptors (Lipinski definition) is 4. The Hall–Kier alpha value is -1.39. The second kappa shape index (κ2) is 6.17. The fourth-order valence-corrected chi connectivity index (χ4v) is 2.19. The molecule has 2 rings (SSSR count). The highest BCUT2D eigenvalue weighted by Crippen LogP contribution is 2.17. The van der Waals surface area contributed by atoms with E-state index in [0.717, 1.165) is 30.7 Å². The first-order chi connectivity index (χ1) is 9.10. The van der Waals surface area contributed by atoms with Gasteiger partial charge in [0.15, 0.2) is 11.5 Å². The van der Waals surface area contributed by atoms with E-state index in [1.807, 2.05) is 13.0 Å². The van der Waals surface area contributed by atoms with Crippen LogP contribution in [0.1, 0.15) is 25.3 Å². The largest absolute Gasteiger partial charge is 0.441 e. The normalized spacial score (nSPS) is 13.3. The van der Waals surface area contributed by atoms with Crippen molar-refractivity contribution in [3.63, 3.8) is 0 Å². The molecule has 19 heavy (non-hydrogen) atoms. The van der Waals surface area contributed by atoms with E-state index in [1.54, 1.807) is 0 Å². The van der Waals surface area contributed by atoms with Gasteiger partial charge in [-0.3, -0.25) is 0 Å². The fraction of sp³-hybridized carbons (Fsp3) is 0.533. The van der Waals surface area contributed by atoms with Crippen molar-refractivity contribution in [3.05, 3.63) is 29.7 Å². The van der Waals surface area contributed by atoms with E-state index in [0.29, 0.717) is 17.7 Å². The molecule has 0 fully saturated rings. The quantitative estimate of drug-likeness (QED) is 0.838. The number of rotatable bonds is 6. The molecule has 1 aromatic heterocycles. The molecule has 0 saturated heterocycles. The summed E-state index contributed by atoms with van der Waals surface area (Å²) in [6.07, 6.45) is 0. The number of hydrogen-bond donors (Lipinski definition) is 2. The zero-order valence-electron chi connectivity index (χ0n) is 11.9. The number of benzene rings is 1. The van der Waals surface area contributed by atoms with Crippen LogP contribution < -0.4 is 11.1 Å².